The molecule has 2 heterocycles. The number of aromatic hydroxyl groups is 1. The van der Waals surface area contributed by atoms with Gasteiger partial charge in [0.15, 0.2) is 0 Å². The van der Waals surface area contributed by atoms with Crippen LogP contribution in [0, 0.1) is 0 Å². The van der Waals surface area contributed by atoms with Crippen molar-refractivity contribution in [3.05, 3.63) is 42.0 Å². The molecule has 15 heavy (non-hydrogen) atoms. The van der Waals surface area contributed by atoms with Gasteiger partial charge in [-0.25, -0.2) is 0 Å². The van der Waals surface area contributed by atoms with Crippen LogP contribution in [-0.2, 0) is 13.1 Å². The smallest absolute Gasteiger partial charge is 0.133 e. The van der Waals surface area contributed by atoms with Crippen molar-refractivity contribution in [2.24, 2.45) is 0 Å². The van der Waals surface area contributed by atoms with E-state index in [1.54, 1.807) is 18.3 Å². The number of hydrogen-bond acceptors (Lipinski definition) is 4. The second-order valence-corrected chi connectivity index (χ2v) is 3.19. The first-order valence-corrected chi connectivity index (χ1v) is 4.67. The predicted molar refractivity (Wildman–Crippen MR) is 55.0 cm³/mol. The number of hydrogen-bond donors (Lipinski definition) is 3. The third kappa shape index (κ3) is 2.78. The fourth-order valence-electron chi connectivity index (χ4n) is 1.23. The topological polar surface area (TPSA) is 73.8 Å². The first kappa shape index (κ1) is 9.67. The van der Waals surface area contributed by atoms with Gasteiger partial charge in [-0.15, -0.1) is 0 Å². The van der Waals surface area contributed by atoms with Crippen molar-refractivity contribution in [3.8, 4) is 5.75 Å². The molecule has 0 spiro atoms. The minimum atomic E-state index is 0.187. The van der Waals surface area contributed by atoms with Crippen LogP contribution in [0.1, 0.15) is 11.4 Å². The van der Waals surface area contributed by atoms with Crippen molar-refractivity contribution in [2.45, 2.75) is 13.1 Å². The summed E-state index contributed by atoms with van der Waals surface area (Å²) in [5.74, 6) is 0.187. The third-order valence-corrected chi connectivity index (χ3v) is 1.99. The summed E-state index contributed by atoms with van der Waals surface area (Å²) in [6, 6.07) is 5.33. The van der Waals surface area contributed by atoms with Gasteiger partial charge in [-0.2, -0.15) is 5.10 Å². The highest BCUT2D eigenvalue weighted by Gasteiger charge is 1.96. The Morgan fingerprint density at radius 1 is 1.27 bits per heavy atom. The Bertz CT molecular complexity index is 396. The average Bonchev–Trinajstić information content (AvgIpc) is 2.74. The Morgan fingerprint density at radius 2 is 2.20 bits per heavy atom. The summed E-state index contributed by atoms with van der Waals surface area (Å²) in [5, 5.41) is 18.9. The maximum absolute atomic E-state index is 9.04. The SMILES string of the molecule is Oc1ccc(CNCc2ccn[nH]2)nc1. The number of aromatic amines is 1. The van der Waals surface area contributed by atoms with Gasteiger partial charge in [0.1, 0.15) is 5.75 Å². The second-order valence-electron chi connectivity index (χ2n) is 3.19. The average molecular weight is 204 g/mol. The molecule has 78 valence electrons. The molecular weight excluding hydrogens is 192 g/mol. The number of nitrogens with zero attached hydrogens (tertiary/aromatic N) is 2. The maximum Gasteiger partial charge on any atom is 0.133 e. The molecule has 0 aromatic carbocycles. The second kappa shape index (κ2) is 4.56. The summed E-state index contributed by atoms with van der Waals surface area (Å²) in [7, 11) is 0. The van der Waals surface area contributed by atoms with Crippen LogP contribution in [0.2, 0.25) is 0 Å². The summed E-state index contributed by atoms with van der Waals surface area (Å²) in [5.41, 5.74) is 1.93. The van der Waals surface area contributed by atoms with Crippen LogP contribution < -0.4 is 5.32 Å². The molecular formula is C10H12N4O. The third-order valence-electron chi connectivity index (χ3n) is 1.99. The molecule has 2 aromatic heterocycles. The molecule has 2 aromatic rings. The number of H-pyrrole nitrogens is 1. The van der Waals surface area contributed by atoms with Crippen LogP contribution in [0.4, 0.5) is 0 Å². The van der Waals surface area contributed by atoms with Crippen molar-refractivity contribution < 1.29 is 5.11 Å². The Kier molecular flexibility index (Phi) is 2.94. The number of aromatic nitrogens is 3. The molecule has 5 nitrogen and oxygen atoms in total. The van der Waals surface area contributed by atoms with Gasteiger partial charge < -0.3 is 10.4 Å². The highest BCUT2D eigenvalue weighted by atomic mass is 16.3. The maximum atomic E-state index is 9.04. The van der Waals surface area contributed by atoms with Gasteiger partial charge in [0.05, 0.1) is 11.9 Å². The zero-order valence-corrected chi connectivity index (χ0v) is 8.14. The van der Waals surface area contributed by atoms with Gasteiger partial charge in [0, 0.05) is 25.0 Å². The Morgan fingerprint density at radius 3 is 2.87 bits per heavy atom. The monoisotopic (exact) mass is 204 g/mol. The van der Waals surface area contributed by atoms with E-state index in [-0.39, 0.29) is 5.75 Å². The van der Waals surface area contributed by atoms with E-state index in [1.807, 2.05) is 6.07 Å². The minimum Gasteiger partial charge on any atom is -0.506 e. The molecule has 3 N–H and O–H groups in total. The number of rotatable bonds is 4. The first-order valence-electron chi connectivity index (χ1n) is 4.67. The quantitative estimate of drug-likeness (QED) is 0.688. The Labute approximate surface area is 87.2 Å². The summed E-state index contributed by atoms with van der Waals surface area (Å²) in [6.07, 6.45) is 3.16. The standard InChI is InChI=1S/C10H12N4O/c15-10-2-1-8(12-7-10)5-11-6-9-3-4-13-14-9/h1-4,7,11,15H,5-6H2,(H,13,14). The van der Waals surface area contributed by atoms with E-state index in [1.165, 1.54) is 6.20 Å². The van der Waals surface area contributed by atoms with Crippen molar-refractivity contribution in [1.29, 1.82) is 0 Å². The summed E-state index contributed by atoms with van der Waals surface area (Å²) >= 11 is 0. The molecule has 0 amide bonds. The molecule has 0 saturated carbocycles. The van der Waals surface area contributed by atoms with E-state index in [4.69, 9.17) is 5.11 Å². The fourth-order valence-corrected chi connectivity index (χ4v) is 1.23. The lowest BCUT2D eigenvalue weighted by Crippen LogP contribution is -2.13. The van der Waals surface area contributed by atoms with Crippen LogP contribution in [0.15, 0.2) is 30.6 Å². The van der Waals surface area contributed by atoms with E-state index in [0.29, 0.717) is 6.54 Å². The van der Waals surface area contributed by atoms with Crippen LogP contribution in [0.25, 0.3) is 0 Å². The van der Waals surface area contributed by atoms with E-state index >= 15 is 0 Å². The summed E-state index contributed by atoms with van der Waals surface area (Å²) in [4.78, 5) is 4.06. The molecule has 0 saturated heterocycles. The summed E-state index contributed by atoms with van der Waals surface area (Å²) < 4.78 is 0. The van der Waals surface area contributed by atoms with Crippen LogP contribution >= 0.6 is 0 Å². The summed E-state index contributed by atoms with van der Waals surface area (Å²) in [6.45, 7) is 1.39. The lowest BCUT2D eigenvalue weighted by molar-refractivity contribution is 0.471. The first-order chi connectivity index (χ1) is 7.34. The zero-order valence-electron chi connectivity index (χ0n) is 8.14. The highest BCUT2D eigenvalue weighted by molar-refractivity contribution is 5.17. The van der Waals surface area contributed by atoms with E-state index in [9.17, 15) is 0 Å². The molecule has 0 atom stereocenters. The van der Waals surface area contributed by atoms with Gasteiger partial charge >= 0.3 is 0 Å². The highest BCUT2D eigenvalue weighted by Crippen LogP contribution is 2.05. The van der Waals surface area contributed by atoms with Crippen molar-refractivity contribution >= 4 is 0 Å². The van der Waals surface area contributed by atoms with Gasteiger partial charge in [0.25, 0.3) is 0 Å². The van der Waals surface area contributed by atoms with Gasteiger partial charge in [-0.05, 0) is 18.2 Å². The molecule has 0 aliphatic heterocycles. The normalized spacial score (nSPS) is 10.4. The Hall–Kier alpha value is -1.88. The molecule has 0 unspecified atom stereocenters. The van der Waals surface area contributed by atoms with Crippen molar-refractivity contribution in [1.82, 2.24) is 20.5 Å². The van der Waals surface area contributed by atoms with Gasteiger partial charge in [-0.3, -0.25) is 10.1 Å². The molecule has 0 radical (unpaired) electrons. The van der Waals surface area contributed by atoms with Crippen LogP contribution in [-0.4, -0.2) is 20.3 Å². The molecule has 0 aliphatic rings. The van der Waals surface area contributed by atoms with Crippen molar-refractivity contribution in [3.63, 3.8) is 0 Å². The van der Waals surface area contributed by atoms with E-state index < -0.39 is 0 Å². The number of pyridine rings is 1. The minimum absolute atomic E-state index is 0.187. The molecule has 0 bridgehead atoms. The van der Waals surface area contributed by atoms with E-state index in [0.717, 1.165) is 17.9 Å². The van der Waals surface area contributed by atoms with Crippen molar-refractivity contribution in [2.75, 3.05) is 0 Å². The molecule has 5 heteroatoms. The lowest BCUT2D eigenvalue weighted by atomic mass is 10.3. The fraction of sp³-hybridized carbons (Fsp3) is 0.200. The molecule has 0 aliphatic carbocycles. The molecule has 2 rings (SSSR count). The zero-order chi connectivity index (χ0) is 10.5. The number of nitrogens with one attached hydrogen (secondary N) is 2. The van der Waals surface area contributed by atoms with Gasteiger partial charge in [0.2, 0.25) is 0 Å². The Balaban J connectivity index is 1.81. The lowest BCUT2D eigenvalue weighted by Gasteiger charge is -2.02. The molecule has 0 fully saturated rings. The predicted octanol–water partition coefficient (Wildman–Crippen LogP) is 0.800. The largest absolute Gasteiger partial charge is 0.506 e. The van der Waals surface area contributed by atoms with Crippen LogP contribution in [0.3, 0.4) is 0 Å². The van der Waals surface area contributed by atoms with Gasteiger partial charge in [-0.1, -0.05) is 0 Å². The van der Waals surface area contributed by atoms with E-state index in [2.05, 4.69) is 20.5 Å². The van der Waals surface area contributed by atoms with Crippen LogP contribution in [0.5, 0.6) is 5.75 Å².